The molecule has 0 amide bonds. The van der Waals surface area contributed by atoms with Crippen LogP contribution in [0.1, 0.15) is 42.9 Å². The number of ether oxygens (including phenoxy) is 1. The molecule has 2 nitrogen and oxygen atoms in total. The summed E-state index contributed by atoms with van der Waals surface area (Å²) in [6, 6.07) is 6.75. The molecule has 1 aromatic rings. The van der Waals surface area contributed by atoms with Gasteiger partial charge in [-0.2, -0.15) is 0 Å². The molecule has 0 spiro atoms. The molecule has 3 rings (SSSR count). The Morgan fingerprint density at radius 3 is 2.94 bits per heavy atom. The zero-order chi connectivity index (χ0) is 12.6. The second-order valence-corrected chi connectivity index (χ2v) is 5.99. The first-order valence-electron chi connectivity index (χ1n) is 6.79. The molecule has 1 N–H and O–H groups in total. The third-order valence-electron chi connectivity index (χ3n) is 4.55. The lowest BCUT2D eigenvalue weighted by molar-refractivity contribution is -0.0709. The molecular formula is C15H20ClNO. The molecule has 0 heterocycles. The van der Waals surface area contributed by atoms with E-state index < -0.39 is 0 Å². The summed E-state index contributed by atoms with van der Waals surface area (Å²) >= 11 is 6.03. The predicted octanol–water partition coefficient (Wildman–Crippen LogP) is 3.49. The minimum absolute atomic E-state index is 0.106. The van der Waals surface area contributed by atoms with Gasteiger partial charge in [0.25, 0.3) is 0 Å². The molecule has 18 heavy (non-hydrogen) atoms. The molecule has 0 bridgehead atoms. The van der Waals surface area contributed by atoms with Gasteiger partial charge in [0.15, 0.2) is 0 Å². The second kappa shape index (κ2) is 4.84. The van der Waals surface area contributed by atoms with Crippen LogP contribution < -0.4 is 5.32 Å². The fourth-order valence-electron chi connectivity index (χ4n) is 3.13. The topological polar surface area (TPSA) is 21.3 Å². The van der Waals surface area contributed by atoms with E-state index in [0.29, 0.717) is 6.04 Å². The number of halogens is 1. The van der Waals surface area contributed by atoms with Crippen LogP contribution in [0.2, 0.25) is 5.02 Å². The summed E-state index contributed by atoms with van der Waals surface area (Å²) in [6.45, 7) is 0.968. The number of fused-ring (bicyclic) bond motifs is 1. The summed E-state index contributed by atoms with van der Waals surface area (Å²) in [7, 11) is 1.84. The minimum Gasteiger partial charge on any atom is -0.377 e. The third kappa shape index (κ3) is 2.18. The molecule has 3 heteroatoms. The van der Waals surface area contributed by atoms with Crippen LogP contribution in [0, 0.1) is 0 Å². The second-order valence-electron chi connectivity index (χ2n) is 5.56. The highest BCUT2D eigenvalue weighted by Crippen LogP contribution is 2.37. The number of rotatable bonds is 4. The molecule has 1 atom stereocenters. The molecule has 2 aliphatic rings. The van der Waals surface area contributed by atoms with Crippen LogP contribution in [-0.4, -0.2) is 19.3 Å². The highest BCUT2D eigenvalue weighted by Gasteiger charge is 2.37. The average molecular weight is 266 g/mol. The zero-order valence-corrected chi connectivity index (χ0v) is 11.6. The van der Waals surface area contributed by atoms with Gasteiger partial charge in [0, 0.05) is 24.7 Å². The van der Waals surface area contributed by atoms with Gasteiger partial charge in [-0.05, 0) is 55.4 Å². The highest BCUT2D eigenvalue weighted by atomic mass is 35.5. The Bertz CT molecular complexity index is 437. The fraction of sp³-hybridized carbons (Fsp3) is 0.600. The van der Waals surface area contributed by atoms with E-state index in [4.69, 9.17) is 16.3 Å². The van der Waals surface area contributed by atoms with Crippen molar-refractivity contribution in [3.63, 3.8) is 0 Å². The van der Waals surface area contributed by atoms with Gasteiger partial charge in [0.1, 0.15) is 0 Å². The first kappa shape index (κ1) is 12.5. The molecule has 1 fully saturated rings. The molecule has 1 saturated carbocycles. The van der Waals surface area contributed by atoms with E-state index in [1.165, 1.54) is 36.8 Å². The normalized spacial score (nSPS) is 24.7. The maximum Gasteiger partial charge on any atom is 0.0802 e. The largest absolute Gasteiger partial charge is 0.377 e. The van der Waals surface area contributed by atoms with E-state index in [0.717, 1.165) is 18.0 Å². The molecule has 2 aliphatic carbocycles. The smallest absolute Gasteiger partial charge is 0.0802 e. The van der Waals surface area contributed by atoms with Gasteiger partial charge in [0.2, 0.25) is 0 Å². The van der Waals surface area contributed by atoms with Crippen molar-refractivity contribution in [2.24, 2.45) is 0 Å². The molecule has 1 unspecified atom stereocenters. The number of nitrogens with one attached hydrogen (secondary N) is 1. The van der Waals surface area contributed by atoms with Crippen molar-refractivity contribution in [2.75, 3.05) is 13.7 Å². The maximum absolute atomic E-state index is 6.03. The Morgan fingerprint density at radius 2 is 2.28 bits per heavy atom. The monoisotopic (exact) mass is 265 g/mol. The number of benzene rings is 1. The summed E-state index contributed by atoms with van der Waals surface area (Å²) in [5.74, 6) is 0. The van der Waals surface area contributed by atoms with E-state index in [2.05, 4.69) is 17.4 Å². The number of methoxy groups -OCH3 is 1. The standard InChI is InChI=1S/C15H20ClNO/c1-18-15(7-2-8-15)10-17-14-6-3-11-9-12(16)4-5-13(11)14/h4-5,9,14,17H,2-3,6-8,10H2,1H3. The van der Waals surface area contributed by atoms with E-state index in [1.54, 1.807) is 0 Å². The predicted molar refractivity (Wildman–Crippen MR) is 74.1 cm³/mol. The first-order chi connectivity index (χ1) is 8.72. The Morgan fingerprint density at radius 1 is 1.44 bits per heavy atom. The Balaban J connectivity index is 1.66. The third-order valence-corrected chi connectivity index (χ3v) is 4.79. The lowest BCUT2D eigenvalue weighted by Gasteiger charge is -2.41. The van der Waals surface area contributed by atoms with Crippen LogP contribution in [-0.2, 0) is 11.2 Å². The fourth-order valence-corrected chi connectivity index (χ4v) is 3.33. The highest BCUT2D eigenvalue weighted by molar-refractivity contribution is 6.30. The quantitative estimate of drug-likeness (QED) is 0.900. The van der Waals surface area contributed by atoms with Crippen LogP contribution in [0.4, 0.5) is 0 Å². The Labute approximate surface area is 114 Å². The Hall–Kier alpha value is -0.570. The molecular weight excluding hydrogens is 246 g/mol. The van der Waals surface area contributed by atoms with Crippen LogP contribution in [0.25, 0.3) is 0 Å². The molecule has 1 aromatic carbocycles. The lowest BCUT2D eigenvalue weighted by Crippen LogP contribution is -2.48. The summed E-state index contributed by atoms with van der Waals surface area (Å²) < 4.78 is 5.66. The van der Waals surface area contributed by atoms with E-state index in [1.807, 2.05) is 13.2 Å². The van der Waals surface area contributed by atoms with Crippen LogP contribution >= 0.6 is 11.6 Å². The lowest BCUT2D eigenvalue weighted by atomic mass is 9.80. The number of hydrogen-bond acceptors (Lipinski definition) is 2. The first-order valence-corrected chi connectivity index (χ1v) is 7.17. The average Bonchev–Trinajstić information content (AvgIpc) is 2.71. The van der Waals surface area contributed by atoms with Crippen LogP contribution in [0.3, 0.4) is 0 Å². The van der Waals surface area contributed by atoms with Gasteiger partial charge in [0.05, 0.1) is 5.60 Å². The van der Waals surface area contributed by atoms with Crippen molar-refractivity contribution in [1.82, 2.24) is 5.32 Å². The van der Waals surface area contributed by atoms with E-state index >= 15 is 0 Å². The number of hydrogen-bond donors (Lipinski definition) is 1. The van der Waals surface area contributed by atoms with Gasteiger partial charge in [-0.15, -0.1) is 0 Å². The van der Waals surface area contributed by atoms with Gasteiger partial charge < -0.3 is 10.1 Å². The van der Waals surface area contributed by atoms with Crippen molar-refractivity contribution in [2.45, 2.75) is 43.7 Å². The van der Waals surface area contributed by atoms with Crippen molar-refractivity contribution < 1.29 is 4.74 Å². The summed E-state index contributed by atoms with van der Waals surface area (Å²) in [6.07, 6.45) is 5.99. The van der Waals surface area contributed by atoms with Gasteiger partial charge >= 0.3 is 0 Å². The van der Waals surface area contributed by atoms with Crippen LogP contribution in [0.5, 0.6) is 0 Å². The SMILES string of the molecule is COC1(CNC2CCc3cc(Cl)ccc32)CCC1. The summed E-state index contributed by atoms with van der Waals surface area (Å²) in [4.78, 5) is 0. The molecule has 0 radical (unpaired) electrons. The van der Waals surface area contributed by atoms with Gasteiger partial charge in [-0.25, -0.2) is 0 Å². The molecule has 0 aromatic heterocycles. The zero-order valence-electron chi connectivity index (χ0n) is 10.8. The van der Waals surface area contributed by atoms with Crippen molar-refractivity contribution in [3.8, 4) is 0 Å². The van der Waals surface area contributed by atoms with Crippen LogP contribution in [0.15, 0.2) is 18.2 Å². The van der Waals surface area contributed by atoms with E-state index in [9.17, 15) is 0 Å². The maximum atomic E-state index is 6.03. The van der Waals surface area contributed by atoms with Gasteiger partial charge in [-0.3, -0.25) is 0 Å². The van der Waals surface area contributed by atoms with Crippen molar-refractivity contribution in [1.29, 1.82) is 0 Å². The van der Waals surface area contributed by atoms with Crippen molar-refractivity contribution in [3.05, 3.63) is 34.3 Å². The summed E-state index contributed by atoms with van der Waals surface area (Å²) in [5, 5.41) is 4.53. The number of aryl methyl sites for hydroxylation is 1. The molecule has 98 valence electrons. The molecule has 0 saturated heterocycles. The Kier molecular flexibility index (Phi) is 3.35. The van der Waals surface area contributed by atoms with Gasteiger partial charge in [-0.1, -0.05) is 17.7 Å². The molecule has 0 aliphatic heterocycles. The summed E-state index contributed by atoms with van der Waals surface area (Å²) in [5.41, 5.74) is 2.93. The minimum atomic E-state index is 0.106. The van der Waals surface area contributed by atoms with E-state index in [-0.39, 0.29) is 5.60 Å². The van der Waals surface area contributed by atoms with Crippen molar-refractivity contribution >= 4 is 11.6 Å².